The minimum absolute atomic E-state index is 0.256. The molecule has 70 valence electrons. The molecule has 5 heteroatoms. The highest BCUT2D eigenvalue weighted by atomic mass is 16.8. The summed E-state index contributed by atoms with van der Waals surface area (Å²) in [5, 5.41) is 7.65. The van der Waals surface area contributed by atoms with Crippen LogP contribution in [0.25, 0.3) is 0 Å². The van der Waals surface area contributed by atoms with Crippen molar-refractivity contribution in [3.05, 3.63) is 23.5 Å². The van der Waals surface area contributed by atoms with E-state index in [1.807, 2.05) is 13.0 Å². The van der Waals surface area contributed by atoms with E-state index < -0.39 is 0 Å². The third-order valence-electron chi connectivity index (χ3n) is 1.68. The van der Waals surface area contributed by atoms with Crippen LogP contribution in [0.4, 0.5) is 0 Å². The Morgan fingerprint density at radius 1 is 1.38 bits per heavy atom. The van der Waals surface area contributed by atoms with Gasteiger partial charge in [-0.15, -0.1) is 0 Å². The topological polar surface area (TPSA) is 53.5 Å². The number of hydrogen-bond donors (Lipinski definition) is 0. The average Bonchev–Trinajstić information content (AvgIpc) is 2.19. The molecular weight excluding hydrogens is 172 g/mol. The summed E-state index contributed by atoms with van der Waals surface area (Å²) in [5.74, 6) is 0. The number of rotatable bonds is 1. The molecule has 1 saturated heterocycles. The zero-order valence-electron chi connectivity index (χ0n) is 7.27. The van der Waals surface area contributed by atoms with Crippen molar-refractivity contribution >= 4 is 0 Å². The third-order valence-corrected chi connectivity index (χ3v) is 1.68. The molecule has 2 rings (SSSR count). The first-order valence-electron chi connectivity index (χ1n) is 3.96. The first-order chi connectivity index (χ1) is 6.36. The number of hydrogen-bond acceptors (Lipinski definition) is 5. The normalized spacial score (nSPS) is 18.8. The molecule has 0 N–H and O–H groups in total. The molecule has 1 fully saturated rings. The Hall–Kier alpha value is -1.04. The number of ether oxygens (including phenoxy) is 3. The van der Waals surface area contributed by atoms with Crippen molar-refractivity contribution in [2.75, 3.05) is 13.6 Å². The summed E-state index contributed by atoms with van der Waals surface area (Å²) in [7, 11) is 0. The highest BCUT2D eigenvalue weighted by Crippen LogP contribution is 2.20. The fourth-order valence-corrected chi connectivity index (χ4v) is 1.12. The lowest BCUT2D eigenvalue weighted by atomic mass is 10.2. The standard InChI is InChI=1S/C8H10N2O3/c1-6-2-7(3-9-10-6)8-12-4-11-5-13-8/h2-3,8H,4-5H2,1H3. The van der Waals surface area contributed by atoms with Gasteiger partial charge in [0.15, 0.2) is 19.9 Å². The van der Waals surface area contributed by atoms with Crippen LogP contribution in [0.15, 0.2) is 12.3 Å². The van der Waals surface area contributed by atoms with Gasteiger partial charge in [0.25, 0.3) is 0 Å². The minimum Gasteiger partial charge on any atom is -0.329 e. The maximum atomic E-state index is 5.21. The van der Waals surface area contributed by atoms with Crippen LogP contribution < -0.4 is 0 Å². The molecule has 0 saturated carbocycles. The lowest BCUT2D eigenvalue weighted by Gasteiger charge is -2.22. The Morgan fingerprint density at radius 2 is 2.15 bits per heavy atom. The van der Waals surface area contributed by atoms with Gasteiger partial charge in [0, 0.05) is 5.56 Å². The van der Waals surface area contributed by atoms with Crippen LogP contribution in [-0.2, 0) is 14.2 Å². The molecule has 0 unspecified atom stereocenters. The van der Waals surface area contributed by atoms with E-state index in [4.69, 9.17) is 14.2 Å². The van der Waals surface area contributed by atoms with Crippen molar-refractivity contribution in [3.63, 3.8) is 0 Å². The second kappa shape index (κ2) is 3.78. The van der Waals surface area contributed by atoms with Crippen LogP contribution in [0.1, 0.15) is 17.5 Å². The summed E-state index contributed by atoms with van der Waals surface area (Å²) in [4.78, 5) is 0. The van der Waals surface area contributed by atoms with Gasteiger partial charge in [-0.1, -0.05) is 0 Å². The van der Waals surface area contributed by atoms with Crippen LogP contribution in [-0.4, -0.2) is 23.8 Å². The lowest BCUT2D eigenvalue weighted by Crippen LogP contribution is -2.20. The van der Waals surface area contributed by atoms with Gasteiger partial charge in [0.2, 0.25) is 0 Å². The van der Waals surface area contributed by atoms with E-state index in [9.17, 15) is 0 Å². The van der Waals surface area contributed by atoms with Gasteiger partial charge in [-0.2, -0.15) is 10.2 Å². The van der Waals surface area contributed by atoms with Crippen molar-refractivity contribution in [2.45, 2.75) is 13.2 Å². The molecule has 0 amide bonds. The molecule has 1 aliphatic rings. The van der Waals surface area contributed by atoms with Crippen molar-refractivity contribution in [1.82, 2.24) is 10.2 Å². The molecule has 2 heterocycles. The summed E-state index contributed by atoms with van der Waals surface area (Å²) in [6.07, 6.45) is 1.26. The maximum absolute atomic E-state index is 5.21. The van der Waals surface area contributed by atoms with Crippen LogP contribution in [0, 0.1) is 6.92 Å². The molecule has 13 heavy (non-hydrogen) atoms. The summed E-state index contributed by atoms with van der Waals surface area (Å²) >= 11 is 0. The van der Waals surface area contributed by atoms with Gasteiger partial charge in [-0.05, 0) is 13.0 Å². The van der Waals surface area contributed by atoms with E-state index >= 15 is 0 Å². The second-order valence-electron chi connectivity index (χ2n) is 2.74. The largest absolute Gasteiger partial charge is 0.329 e. The monoisotopic (exact) mass is 182 g/mol. The van der Waals surface area contributed by atoms with Crippen molar-refractivity contribution in [1.29, 1.82) is 0 Å². The summed E-state index contributed by atoms with van der Waals surface area (Å²) < 4.78 is 15.3. The van der Waals surface area contributed by atoms with Gasteiger partial charge < -0.3 is 14.2 Å². The smallest absolute Gasteiger partial charge is 0.190 e. The van der Waals surface area contributed by atoms with E-state index in [0.717, 1.165) is 11.3 Å². The summed E-state index contributed by atoms with van der Waals surface area (Å²) in [5.41, 5.74) is 1.71. The Bertz CT molecular complexity index is 286. The zero-order valence-corrected chi connectivity index (χ0v) is 7.27. The molecule has 5 nitrogen and oxygen atoms in total. The van der Waals surface area contributed by atoms with Gasteiger partial charge in [-0.25, -0.2) is 0 Å². The van der Waals surface area contributed by atoms with Crippen LogP contribution in [0.5, 0.6) is 0 Å². The van der Waals surface area contributed by atoms with Crippen LogP contribution >= 0.6 is 0 Å². The molecule has 1 aromatic heterocycles. The average molecular weight is 182 g/mol. The highest BCUT2D eigenvalue weighted by Gasteiger charge is 2.17. The maximum Gasteiger partial charge on any atom is 0.190 e. The van der Waals surface area contributed by atoms with E-state index in [2.05, 4.69) is 10.2 Å². The van der Waals surface area contributed by atoms with E-state index in [1.54, 1.807) is 6.20 Å². The molecule has 0 atom stereocenters. The first-order valence-corrected chi connectivity index (χ1v) is 3.96. The van der Waals surface area contributed by atoms with Crippen LogP contribution in [0.2, 0.25) is 0 Å². The highest BCUT2D eigenvalue weighted by molar-refractivity contribution is 5.12. The molecule has 0 spiro atoms. The second-order valence-corrected chi connectivity index (χ2v) is 2.74. The predicted octanol–water partition coefficient (Wildman–Crippen LogP) is 0.762. The van der Waals surface area contributed by atoms with Crippen molar-refractivity contribution in [2.24, 2.45) is 0 Å². The molecule has 0 aliphatic carbocycles. The minimum atomic E-state index is -0.372. The molecule has 0 radical (unpaired) electrons. The molecule has 1 aromatic rings. The van der Waals surface area contributed by atoms with Gasteiger partial charge in [0.1, 0.15) is 0 Å². The first kappa shape index (κ1) is 8.55. The quantitative estimate of drug-likeness (QED) is 0.641. The van der Waals surface area contributed by atoms with E-state index in [0.29, 0.717) is 0 Å². The Morgan fingerprint density at radius 3 is 2.85 bits per heavy atom. The Kier molecular flexibility index (Phi) is 2.49. The number of aryl methyl sites for hydroxylation is 1. The molecule has 0 aromatic carbocycles. The predicted molar refractivity (Wildman–Crippen MR) is 42.5 cm³/mol. The fourth-order valence-electron chi connectivity index (χ4n) is 1.12. The van der Waals surface area contributed by atoms with Gasteiger partial charge >= 0.3 is 0 Å². The van der Waals surface area contributed by atoms with Crippen molar-refractivity contribution in [3.8, 4) is 0 Å². The molecule has 0 bridgehead atoms. The molecule has 1 aliphatic heterocycles. The van der Waals surface area contributed by atoms with Crippen molar-refractivity contribution < 1.29 is 14.2 Å². The zero-order chi connectivity index (χ0) is 9.10. The van der Waals surface area contributed by atoms with E-state index in [1.165, 1.54) is 0 Å². The van der Waals surface area contributed by atoms with E-state index in [-0.39, 0.29) is 19.9 Å². The SMILES string of the molecule is Cc1cc(C2OCOCO2)cnn1. The van der Waals surface area contributed by atoms with Gasteiger partial charge in [0.05, 0.1) is 11.9 Å². The van der Waals surface area contributed by atoms with Crippen LogP contribution in [0.3, 0.4) is 0 Å². The Labute approximate surface area is 75.6 Å². The van der Waals surface area contributed by atoms with Gasteiger partial charge in [-0.3, -0.25) is 0 Å². The summed E-state index contributed by atoms with van der Waals surface area (Å²) in [6, 6.07) is 1.88. The number of nitrogens with zero attached hydrogens (tertiary/aromatic N) is 2. The number of aromatic nitrogens is 2. The summed E-state index contributed by atoms with van der Waals surface area (Å²) in [6.45, 7) is 2.38. The fraction of sp³-hybridized carbons (Fsp3) is 0.500. The molecular formula is C8H10N2O3. The third kappa shape index (κ3) is 2.00. The lowest BCUT2D eigenvalue weighted by molar-refractivity contribution is -0.303. The Balaban J connectivity index is 2.14.